The van der Waals surface area contributed by atoms with Gasteiger partial charge < -0.3 is 4.74 Å². The summed E-state index contributed by atoms with van der Waals surface area (Å²) >= 11 is 4.95. The Morgan fingerprint density at radius 2 is 2.18 bits per heavy atom. The Bertz CT molecular complexity index is 651. The summed E-state index contributed by atoms with van der Waals surface area (Å²) in [6, 6.07) is 5.94. The Kier molecular flexibility index (Phi) is 5.97. The van der Waals surface area contributed by atoms with Gasteiger partial charge in [0.05, 0.1) is 10.2 Å². The van der Waals surface area contributed by atoms with Crippen molar-refractivity contribution in [2.45, 2.75) is 33.6 Å². The van der Waals surface area contributed by atoms with E-state index in [2.05, 4.69) is 33.2 Å². The first-order valence-electron chi connectivity index (χ1n) is 7.14. The molecule has 6 heteroatoms. The van der Waals surface area contributed by atoms with Crippen LogP contribution >= 0.6 is 27.3 Å². The molecule has 1 amide bonds. The number of halogens is 1. The van der Waals surface area contributed by atoms with Crippen molar-refractivity contribution in [2.75, 3.05) is 11.9 Å². The highest BCUT2D eigenvalue weighted by Crippen LogP contribution is 2.26. The summed E-state index contributed by atoms with van der Waals surface area (Å²) in [6.45, 7) is 6.01. The largest absolute Gasteiger partial charge is 0.483 e. The summed E-state index contributed by atoms with van der Waals surface area (Å²) < 4.78 is 6.43. The van der Waals surface area contributed by atoms with Gasteiger partial charge in [0.2, 0.25) is 0 Å². The number of anilines is 1. The SMILES string of the molecule is CCCc1ccc(OCC(=O)Nc2nc(C)c(C)s2)c(Br)c1. The molecule has 1 N–H and O–H groups in total. The third-order valence-corrected chi connectivity index (χ3v) is 4.78. The number of ether oxygens (including phenoxy) is 1. The summed E-state index contributed by atoms with van der Waals surface area (Å²) in [5, 5.41) is 3.37. The lowest BCUT2D eigenvalue weighted by molar-refractivity contribution is -0.118. The Morgan fingerprint density at radius 1 is 1.41 bits per heavy atom. The van der Waals surface area contributed by atoms with Gasteiger partial charge in [-0.25, -0.2) is 4.98 Å². The molecule has 2 aromatic rings. The molecule has 0 aliphatic rings. The number of aryl methyl sites for hydroxylation is 3. The zero-order valence-corrected chi connectivity index (χ0v) is 15.3. The third-order valence-electron chi connectivity index (χ3n) is 3.17. The molecule has 2 rings (SSSR count). The number of amides is 1. The van der Waals surface area contributed by atoms with Crippen LogP contribution in [0.2, 0.25) is 0 Å². The number of carbonyl (C=O) groups excluding carboxylic acids is 1. The van der Waals surface area contributed by atoms with Crippen LogP contribution in [0.5, 0.6) is 5.75 Å². The maximum Gasteiger partial charge on any atom is 0.264 e. The summed E-state index contributed by atoms with van der Waals surface area (Å²) in [7, 11) is 0. The number of benzene rings is 1. The van der Waals surface area contributed by atoms with Gasteiger partial charge in [0.1, 0.15) is 5.75 Å². The highest BCUT2D eigenvalue weighted by molar-refractivity contribution is 9.10. The fourth-order valence-electron chi connectivity index (χ4n) is 1.93. The summed E-state index contributed by atoms with van der Waals surface area (Å²) in [5.41, 5.74) is 2.19. The number of hydrogen-bond acceptors (Lipinski definition) is 4. The lowest BCUT2D eigenvalue weighted by Crippen LogP contribution is -2.20. The van der Waals surface area contributed by atoms with E-state index in [1.807, 2.05) is 32.0 Å². The van der Waals surface area contributed by atoms with Gasteiger partial charge in [0.25, 0.3) is 5.91 Å². The van der Waals surface area contributed by atoms with Crippen LogP contribution in [-0.4, -0.2) is 17.5 Å². The highest BCUT2D eigenvalue weighted by atomic mass is 79.9. The standard InChI is InChI=1S/C16H19BrN2O2S/c1-4-5-12-6-7-14(13(17)8-12)21-9-15(20)19-16-18-10(2)11(3)22-16/h6-8H,4-5,9H2,1-3H3,(H,18,19,20). The number of thiazole rings is 1. The highest BCUT2D eigenvalue weighted by Gasteiger charge is 2.10. The quantitative estimate of drug-likeness (QED) is 0.800. The third kappa shape index (κ3) is 4.55. The van der Waals surface area contributed by atoms with Gasteiger partial charge in [0, 0.05) is 4.88 Å². The molecular formula is C16H19BrN2O2S. The van der Waals surface area contributed by atoms with Crippen molar-refractivity contribution < 1.29 is 9.53 Å². The Balaban J connectivity index is 1.90. The number of nitrogens with zero attached hydrogens (tertiary/aromatic N) is 1. The molecule has 0 fully saturated rings. The molecule has 0 saturated heterocycles. The molecule has 0 saturated carbocycles. The minimum atomic E-state index is -0.210. The number of rotatable bonds is 6. The first-order valence-corrected chi connectivity index (χ1v) is 8.75. The van der Waals surface area contributed by atoms with Crippen molar-refractivity contribution in [2.24, 2.45) is 0 Å². The van der Waals surface area contributed by atoms with Gasteiger partial charge in [-0.15, -0.1) is 11.3 Å². The lowest BCUT2D eigenvalue weighted by Gasteiger charge is -2.09. The molecule has 0 unspecified atom stereocenters. The van der Waals surface area contributed by atoms with Crippen LogP contribution in [0.25, 0.3) is 0 Å². The molecule has 0 atom stereocenters. The van der Waals surface area contributed by atoms with E-state index < -0.39 is 0 Å². The molecule has 1 heterocycles. The molecule has 0 bridgehead atoms. The van der Waals surface area contributed by atoms with E-state index >= 15 is 0 Å². The van der Waals surface area contributed by atoms with E-state index in [9.17, 15) is 4.79 Å². The summed E-state index contributed by atoms with van der Waals surface area (Å²) in [4.78, 5) is 17.3. The van der Waals surface area contributed by atoms with Crippen LogP contribution in [0.3, 0.4) is 0 Å². The van der Waals surface area contributed by atoms with Crippen molar-refractivity contribution in [3.05, 3.63) is 38.8 Å². The Labute approximate surface area is 143 Å². The van der Waals surface area contributed by atoms with Crippen molar-refractivity contribution in [1.82, 2.24) is 4.98 Å². The van der Waals surface area contributed by atoms with E-state index in [-0.39, 0.29) is 12.5 Å². The monoisotopic (exact) mass is 382 g/mol. The van der Waals surface area contributed by atoms with Crippen LogP contribution in [-0.2, 0) is 11.2 Å². The minimum absolute atomic E-state index is 0.0383. The average Bonchev–Trinajstić information content (AvgIpc) is 2.76. The van der Waals surface area contributed by atoms with E-state index in [0.717, 1.165) is 27.9 Å². The second kappa shape index (κ2) is 7.74. The molecule has 0 spiro atoms. The van der Waals surface area contributed by atoms with Gasteiger partial charge in [-0.2, -0.15) is 0 Å². The second-order valence-corrected chi connectivity index (χ2v) is 7.07. The molecule has 1 aromatic carbocycles. The Hall–Kier alpha value is -1.40. The van der Waals surface area contributed by atoms with E-state index in [1.54, 1.807) is 0 Å². The van der Waals surface area contributed by atoms with Crippen LogP contribution in [0.15, 0.2) is 22.7 Å². The number of carbonyl (C=O) groups is 1. The van der Waals surface area contributed by atoms with Gasteiger partial charge in [-0.1, -0.05) is 19.4 Å². The number of hydrogen-bond donors (Lipinski definition) is 1. The molecule has 0 radical (unpaired) electrons. The van der Waals surface area contributed by atoms with Crippen molar-refractivity contribution in [3.8, 4) is 5.75 Å². The predicted octanol–water partition coefficient (Wildman–Crippen LogP) is 4.49. The number of aromatic nitrogens is 1. The molecule has 4 nitrogen and oxygen atoms in total. The Morgan fingerprint density at radius 3 is 2.77 bits per heavy atom. The summed E-state index contributed by atoms with van der Waals surface area (Å²) in [5.74, 6) is 0.458. The topological polar surface area (TPSA) is 51.2 Å². The first kappa shape index (κ1) is 17.0. The number of nitrogens with one attached hydrogen (secondary N) is 1. The molecule has 22 heavy (non-hydrogen) atoms. The maximum absolute atomic E-state index is 11.9. The smallest absolute Gasteiger partial charge is 0.264 e. The molecule has 0 aliphatic carbocycles. The van der Waals surface area contributed by atoms with Crippen molar-refractivity contribution in [1.29, 1.82) is 0 Å². The van der Waals surface area contributed by atoms with Crippen molar-refractivity contribution in [3.63, 3.8) is 0 Å². The van der Waals surface area contributed by atoms with Gasteiger partial charge in [0.15, 0.2) is 11.7 Å². The van der Waals surface area contributed by atoms with Crippen LogP contribution in [0.4, 0.5) is 5.13 Å². The van der Waals surface area contributed by atoms with Crippen molar-refractivity contribution >= 4 is 38.3 Å². The van der Waals surface area contributed by atoms with Crippen LogP contribution in [0, 0.1) is 13.8 Å². The average molecular weight is 383 g/mol. The zero-order chi connectivity index (χ0) is 16.1. The zero-order valence-electron chi connectivity index (χ0n) is 12.9. The molecule has 118 valence electrons. The van der Waals surface area contributed by atoms with Gasteiger partial charge >= 0.3 is 0 Å². The lowest BCUT2D eigenvalue weighted by atomic mass is 10.1. The minimum Gasteiger partial charge on any atom is -0.483 e. The van der Waals surface area contributed by atoms with Gasteiger partial charge in [-0.3, -0.25) is 10.1 Å². The predicted molar refractivity (Wildman–Crippen MR) is 93.8 cm³/mol. The van der Waals surface area contributed by atoms with E-state index in [4.69, 9.17) is 4.74 Å². The molecule has 1 aromatic heterocycles. The van der Waals surface area contributed by atoms with E-state index in [0.29, 0.717) is 10.9 Å². The first-order chi connectivity index (χ1) is 10.5. The second-order valence-electron chi connectivity index (χ2n) is 5.01. The van der Waals surface area contributed by atoms with E-state index in [1.165, 1.54) is 16.9 Å². The van der Waals surface area contributed by atoms with Gasteiger partial charge in [-0.05, 0) is 53.9 Å². The normalized spacial score (nSPS) is 10.5. The van der Waals surface area contributed by atoms with Crippen LogP contribution < -0.4 is 10.1 Å². The molecular weight excluding hydrogens is 364 g/mol. The fourth-order valence-corrected chi connectivity index (χ4v) is 3.30. The maximum atomic E-state index is 11.9. The fraction of sp³-hybridized carbons (Fsp3) is 0.375. The molecule has 0 aliphatic heterocycles. The summed E-state index contributed by atoms with van der Waals surface area (Å²) in [6.07, 6.45) is 2.13. The van der Waals surface area contributed by atoms with Crippen LogP contribution in [0.1, 0.15) is 29.5 Å².